The average Bonchev–Trinajstić information content (AvgIpc) is 3.25. The first-order chi connectivity index (χ1) is 13.1. The Morgan fingerprint density at radius 3 is 2.89 bits per heavy atom. The summed E-state index contributed by atoms with van der Waals surface area (Å²) >= 11 is 1.90. The van der Waals surface area contributed by atoms with Gasteiger partial charge in [0, 0.05) is 56.4 Å². The highest BCUT2D eigenvalue weighted by Gasteiger charge is 2.21. The van der Waals surface area contributed by atoms with Gasteiger partial charge in [0.1, 0.15) is 0 Å². The molecule has 0 radical (unpaired) electrons. The third-order valence-corrected chi connectivity index (χ3v) is 6.21. The second kappa shape index (κ2) is 11.2. The van der Waals surface area contributed by atoms with Crippen LogP contribution in [0.5, 0.6) is 0 Å². The van der Waals surface area contributed by atoms with Gasteiger partial charge in [-0.25, -0.2) is 0 Å². The molecule has 0 saturated heterocycles. The number of aromatic nitrogens is 2. The van der Waals surface area contributed by atoms with E-state index in [-0.39, 0.29) is 24.0 Å². The number of thiophene rings is 1. The fourth-order valence-electron chi connectivity index (χ4n) is 3.58. The molecule has 6 nitrogen and oxygen atoms in total. The highest BCUT2D eigenvalue weighted by Crippen LogP contribution is 2.24. The summed E-state index contributed by atoms with van der Waals surface area (Å²) in [6.45, 7) is 11.4. The van der Waals surface area contributed by atoms with Crippen molar-refractivity contribution in [2.45, 2.75) is 52.7 Å². The molecule has 0 aromatic carbocycles. The van der Waals surface area contributed by atoms with Crippen molar-refractivity contribution in [3.63, 3.8) is 0 Å². The van der Waals surface area contributed by atoms with Crippen LogP contribution in [-0.4, -0.2) is 53.4 Å². The van der Waals surface area contributed by atoms with Crippen LogP contribution >= 0.6 is 35.3 Å². The van der Waals surface area contributed by atoms with Gasteiger partial charge >= 0.3 is 0 Å². The molecule has 1 atom stereocenters. The summed E-state index contributed by atoms with van der Waals surface area (Å²) in [5.41, 5.74) is 3.81. The second-order valence-electron chi connectivity index (χ2n) is 7.32. The van der Waals surface area contributed by atoms with Crippen molar-refractivity contribution in [1.29, 1.82) is 0 Å². The molecule has 2 N–H and O–H groups in total. The normalized spacial score (nSPS) is 15.6. The summed E-state index contributed by atoms with van der Waals surface area (Å²) in [5.74, 6) is 0.878. The van der Waals surface area contributed by atoms with E-state index in [0.717, 1.165) is 50.8 Å². The molecule has 3 heterocycles. The summed E-state index contributed by atoms with van der Waals surface area (Å²) in [6, 6.07) is 4.87. The van der Waals surface area contributed by atoms with Crippen molar-refractivity contribution < 1.29 is 0 Å². The second-order valence-corrected chi connectivity index (χ2v) is 8.32. The zero-order valence-electron chi connectivity index (χ0n) is 17.4. The number of fused-ring (bicyclic) bond motifs is 1. The van der Waals surface area contributed by atoms with E-state index in [0.29, 0.717) is 6.04 Å². The number of hydrogen-bond acceptors (Lipinski definition) is 4. The Balaban J connectivity index is 0.00000280. The van der Waals surface area contributed by atoms with Crippen LogP contribution in [0.2, 0.25) is 0 Å². The number of rotatable bonds is 7. The molecule has 0 spiro atoms. The summed E-state index contributed by atoms with van der Waals surface area (Å²) in [7, 11) is 1.83. The van der Waals surface area contributed by atoms with Crippen LogP contribution < -0.4 is 10.6 Å². The molecule has 1 aliphatic rings. The molecule has 0 saturated carbocycles. The molecule has 0 fully saturated rings. The molecule has 0 amide bonds. The number of guanidine groups is 1. The lowest BCUT2D eigenvalue weighted by atomic mass is 10.1. The fraction of sp³-hybridized carbons (Fsp3) is 0.600. The van der Waals surface area contributed by atoms with Gasteiger partial charge in [-0.15, -0.1) is 35.3 Å². The minimum Gasteiger partial charge on any atom is -0.356 e. The van der Waals surface area contributed by atoms with Gasteiger partial charge in [-0.05, 0) is 56.7 Å². The van der Waals surface area contributed by atoms with Crippen LogP contribution in [0.3, 0.4) is 0 Å². The lowest BCUT2D eigenvalue weighted by Crippen LogP contribution is -2.47. The predicted molar refractivity (Wildman–Crippen MR) is 129 cm³/mol. The maximum atomic E-state index is 4.51. The summed E-state index contributed by atoms with van der Waals surface area (Å²) < 4.78 is 2.07. The van der Waals surface area contributed by atoms with Crippen molar-refractivity contribution in [1.82, 2.24) is 25.3 Å². The Labute approximate surface area is 189 Å². The van der Waals surface area contributed by atoms with Crippen molar-refractivity contribution in [3.8, 4) is 0 Å². The largest absolute Gasteiger partial charge is 0.356 e. The van der Waals surface area contributed by atoms with Crippen LogP contribution in [-0.2, 0) is 19.5 Å². The Morgan fingerprint density at radius 1 is 1.36 bits per heavy atom. The number of halogens is 1. The zero-order chi connectivity index (χ0) is 19.2. The maximum absolute atomic E-state index is 4.51. The smallest absolute Gasteiger partial charge is 0.191 e. The molecule has 2 aromatic rings. The number of nitrogens with one attached hydrogen (secondary N) is 2. The first kappa shape index (κ1) is 23.2. The van der Waals surface area contributed by atoms with Crippen molar-refractivity contribution in [2.24, 2.45) is 4.99 Å². The molecule has 0 bridgehead atoms. The minimum atomic E-state index is 0. The van der Waals surface area contributed by atoms with E-state index in [1.54, 1.807) is 4.88 Å². The van der Waals surface area contributed by atoms with Crippen LogP contribution in [0.1, 0.15) is 35.2 Å². The average molecular weight is 516 g/mol. The standard InChI is InChI=1S/C20H32N6S.HI/c1-15-12-16(2)26(24-15)9-5-8-22-20(21-4)23-13-17(3)25-10-6-19-18(14-25)7-11-27-19;/h7,11-12,17H,5-6,8-10,13-14H2,1-4H3,(H2,21,22,23);1H. The first-order valence-electron chi connectivity index (χ1n) is 9.81. The van der Waals surface area contributed by atoms with Gasteiger partial charge in [-0.1, -0.05) is 0 Å². The molecule has 2 aromatic heterocycles. The molecule has 8 heteroatoms. The van der Waals surface area contributed by atoms with Crippen LogP contribution in [0.15, 0.2) is 22.5 Å². The Bertz CT molecular complexity index is 769. The zero-order valence-corrected chi connectivity index (χ0v) is 20.5. The van der Waals surface area contributed by atoms with Gasteiger partial charge in [0.05, 0.1) is 5.69 Å². The van der Waals surface area contributed by atoms with Gasteiger partial charge in [-0.3, -0.25) is 14.6 Å². The van der Waals surface area contributed by atoms with Crippen molar-refractivity contribution in [3.05, 3.63) is 39.3 Å². The van der Waals surface area contributed by atoms with E-state index < -0.39 is 0 Å². The molecular formula is C20H33IN6S. The van der Waals surface area contributed by atoms with Crippen molar-refractivity contribution >= 4 is 41.3 Å². The van der Waals surface area contributed by atoms with E-state index in [1.165, 1.54) is 17.7 Å². The van der Waals surface area contributed by atoms with E-state index in [2.05, 4.69) is 61.7 Å². The lowest BCUT2D eigenvalue weighted by molar-refractivity contribution is 0.192. The van der Waals surface area contributed by atoms with Gasteiger partial charge in [-0.2, -0.15) is 5.10 Å². The Hall–Kier alpha value is -1.13. The van der Waals surface area contributed by atoms with E-state index in [1.807, 2.05) is 25.3 Å². The lowest BCUT2D eigenvalue weighted by Gasteiger charge is -2.32. The van der Waals surface area contributed by atoms with Crippen LogP contribution in [0.25, 0.3) is 0 Å². The van der Waals surface area contributed by atoms with Crippen LogP contribution in [0.4, 0.5) is 0 Å². The third-order valence-electron chi connectivity index (χ3n) is 5.19. The highest BCUT2D eigenvalue weighted by molar-refractivity contribution is 14.0. The molecule has 1 aliphatic heterocycles. The van der Waals surface area contributed by atoms with Crippen LogP contribution in [0, 0.1) is 13.8 Å². The van der Waals surface area contributed by atoms with Gasteiger partial charge in [0.15, 0.2) is 5.96 Å². The maximum Gasteiger partial charge on any atom is 0.191 e. The Kier molecular flexibility index (Phi) is 9.23. The Morgan fingerprint density at radius 2 is 2.18 bits per heavy atom. The predicted octanol–water partition coefficient (Wildman–Crippen LogP) is 3.18. The quantitative estimate of drug-likeness (QED) is 0.257. The molecule has 28 heavy (non-hydrogen) atoms. The molecule has 0 aliphatic carbocycles. The van der Waals surface area contributed by atoms with Crippen molar-refractivity contribution in [2.75, 3.05) is 26.7 Å². The van der Waals surface area contributed by atoms with E-state index in [4.69, 9.17) is 0 Å². The number of hydrogen-bond donors (Lipinski definition) is 2. The first-order valence-corrected chi connectivity index (χ1v) is 10.7. The minimum absolute atomic E-state index is 0. The summed E-state index contributed by atoms with van der Waals surface area (Å²) in [6.07, 6.45) is 2.20. The third kappa shape index (κ3) is 6.18. The SMILES string of the molecule is CN=C(NCCCn1nc(C)cc1C)NCC(C)N1CCc2sccc2C1.I. The number of nitrogens with zero attached hydrogens (tertiary/aromatic N) is 4. The van der Waals surface area contributed by atoms with Gasteiger partial charge in [0.2, 0.25) is 0 Å². The van der Waals surface area contributed by atoms with E-state index in [9.17, 15) is 0 Å². The van der Waals surface area contributed by atoms with Gasteiger partial charge < -0.3 is 10.6 Å². The monoisotopic (exact) mass is 516 g/mol. The molecule has 156 valence electrons. The summed E-state index contributed by atoms with van der Waals surface area (Å²) in [5, 5.41) is 13.6. The molecule has 3 rings (SSSR count). The number of aliphatic imine (C=N–C) groups is 1. The highest BCUT2D eigenvalue weighted by atomic mass is 127. The molecule has 1 unspecified atom stereocenters. The van der Waals surface area contributed by atoms with Gasteiger partial charge in [0.25, 0.3) is 0 Å². The number of aryl methyl sites for hydroxylation is 3. The summed E-state index contributed by atoms with van der Waals surface area (Å²) in [4.78, 5) is 8.47. The fourth-order valence-corrected chi connectivity index (χ4v) is 4.47. The van der Waals surface area contributed by atoms with E-state index >= 15 is 0 Å². The topological polar surface area (TPSA) is 57.5 Å². The molecular weight excluding hydrogens is 483 g/mol.